The molecule has 1 aliphatic carbocycles. The normalized spacial score (nSPS) is 20.8. The number of likely N-dealkylation sites (tertiary alicyclic amines) is 1. The van der Waals surface area contributed by atoms with Crippen LogP contribution in [0.4, 0.5) is 0 Å². The summed E-state index contributed by atoms with van der Waals surface area (Å²) in [5, 5.41) is 13.4. The van der Waals surface area contributed by atoms with E-state index >= 15 is 0 Å². The lowest BCUT2D eigenvalue weighted by molar-refractivity contribution is -0.139. The van der Waals surface area contributed by atoms with E-state index in [2.05, 4.69) is 5.10 Å². The average Bonchev–Trinajstić information content (AvgIpc) is 3.37. The van der Waals surface area contributed by atoms with Crippen LogP contribution in [0, 0.1) is 11.3 Å². The quantitative estimate of drug-likeness (QED) is 0.904. The zero-order valence-corrected chi connectivity index (χ0v) is 14.2. The van der Waals surface area contributed by atoms with Crippen LogP contribution in [0.15, 0.2) is 47.3 Å². The highest BCUT2D eigenvalue weighted by atomic mass is 16.4. The van der Waals surface area contributed by atoms with Crippen molar-refractivity contribution in [1.82, 2.24) is 14.7 Å². The number of aromatic nitrogens is 2. The average molecular weight is 353 g/mol. The Hall–Kier alpha value is -2.96. The summed E-state index contributed by atoms with van der Waals surface area (Å²) >= 11 is 0. The predicted octanol–water partition coefficient (Wildman–Crippen LogP) is 1.56. The van der Waals surface area contributed by atoms with Gasteiger partial charge < -0.3 is 10.0 Å². The van der Waals surface area contributed by atoms with Crippen LogP contribution in [0.1, 0.15) is 29.8 Å². The van der Waals surface area contributed by atoms with Crippen molar-refractivity contribution in [2.45, 2.75) is 19.3 Å². The second kappa shape index (κ2) is 6.09. The summed E-state index contributed by atoms with van der Waals surface area (Å²) in [6.45, 7) is 1.05. The molecule has 1 saturated heterocycles. The third-order valence-electron chi connectivity index (χ3n) is 5.55. The molecule has 1 amide bonds. The van der Waals surface area contributed by atoms with Crippen molar-refractivity contribution in [3.05, 3.63) is 58.5 Å². The third kappa shape index (κ3) is 2.79. The van der Waals surface area contributed by atoms with Crippen molar-refractivity contribution < 1.29 is 14.7 Å². The highest BCUT2D eigenvalue weighted by Gasteiger charge is 2.59. The Morgan fingerprint density at radius 3 is 2.38 bits per heavy atom. The zero-order valence-electron chi connectivity index (χ0n) is 14.2. The lowest BCUT2D eigenvalue weighted by Crippen LogP contribution is -2.41. The summed E-state index contributed by atoms with van der Waals surface area (Å²) in [7, 11) is 0. The lowest BCUT2D eigenvalue weighted by atomic mass is 9.90. The van der Waals surface area contributed by atoms with Gasteiger partial charge in [0, 0.05) is 19.2 Å². The number of carbonyl (C=O) groups excluding carboxylic acids is 1. The zero-order chi connectivity index (χ0) is 18.3. The third-order valence-corrected chi connectivity index (χ3v) is 5.55. The van der Waals surface area contributed by atoms with Gasteiger partial charge in [-0.25, -0.2) is 0 Å². The minimum atomic E-state index is -0.735. The molecule has 26 heavy (non-hydrogen) atoms. The van der Waals surface area contributed by atoms with Gasteiger partial charge in [0.05, 0.1) is 11.6 Å². The molecule has 1 atom stereocenters. The molecule has 1 N–H and O–H groups in total. The number of carboxylic acids is 1. The molecule has 0 bridgehead atoms. The molecular formula is C19H19N3O4. The Bertz CT molecular complexity index is 914. The van der Waals surface area contributed by atoms with Gasteiger partial charge in [-0.1, -0.05) is 18.2 Å². The van der Waals surface area contributed by atoms with E-state index in [1.54, 1.807) is 29.2 Å². The van der Waals surface area contributed by atoms with Crippen molar-refractivity contribution in [2.75, 3.05) is 13.1 Å². The van der Waals surface area contributed by atoms with Crippen molar-refractivity contribution in [3.63, 3.8) is 0 Å². The molecule has 1 saturated carbocycles. The Morgan fingerprint density at radius 2 is 1.77 bits per heavy atom. The second-order valence-corrected chi connectivity index (χ2v) is 7.05. The minimum Gasteiger partial charge on any atom is -0.481 e. The van der Waals surface area contributed by atoms with E-state index in [0.717, 1.165) is 0 Å². The molecular weight excluding hydrogens is 334 g/mol. The fourth-order valence-corrected chi connectivity index (χ4v) is 3.85. The van der Waals surface area contributed by atoms with Crippen LogP contribution in [0.25, 0.3) is 5.69 Å². The number of carbonyl (C=O) groups is 2. The number of hydrogen-bond acceptors (Lipinski definition) is 4. The molecule has 2 fully saturated rings. The van der Waals surface area contributed by atoms with E-state index in [9.17, 15) is 14.4 Å². The number of nitrogens with zero attached hydrogens (tertiary/aromatic N) is 3. The molecule has 7 nitrogen and oxygen atoms in total. The van der Waals surface area contributed by atoms with Gasteiger partial charge in [-0.15, -0.1) is 0 Å². The van der Waals surface area contributed by atoms with Gasteiger partial charge in [-0.3, -0.25) is 14.4 Å². The van der Waals surface area contributed by atoms with Crippen LogP contribution in [0.5, 0.6) is 0 Å². The van der Waals surface area contributed by atoms with Gasteiger partial charge >= 0.3 is 5.97 Å². The first kappa shape index (κ1) is 16.5. The molecule has 7 heteroatoms. The number of piperidine rings is 1. The molecule has 134 valence electrons. The molecule has 1 aromatic carbocycles. The molecule has 1 aromatic heterocycles. The smallest absolute Gasteiger partial charge is 0.307 e. The summed E-state index contributed by atoms with van der Waals surface area (Å²) in [5.41, 5.74) is 0.397. The van der Waals surface area contributed by atoms with Crippen LogP contribution < -0.4 is 5.56 Å². The van der Waals surface area contributed by atoms with Crippen LogP contribution in [0.2, 0.25) is 0 Å². The molecule has 1 unspecified atom stereocenters. The van der Waals surface area contributed by atoms with Gasteiger partial charge in [0.25, 0.3) is 11.5 Å². The largest absolute Gasteiger partial charge is 0.481 e. The molecule has 0 radical (unpaired) electrons. The monoisotopic (exact) mass is 353 g/mol. The molecule has 1 aliphatic heterocycles. The number of para-hydroxylation sites is 1. The van der Waals surface area contributed by atoms with E-state index in [-0.39, 0.29) is 28.5 Å². The first-order chi connectivity index (χ1) is 12.5. The number of carboxylic acid groups (broad SMARTS) is 1. The Kier molecular flexibility index (Phi) is 3.86. The summed E-state index contributed by atoms with van der Waals surface area (Å²) < 4.78 is 1.22. The van der Waals surface area contributed by atoms with Crippen molar-refractivity contribution in [3.8, 4) is 5.69 Å². The van der Waals surface area contributed by atoms with E-state index in [1.807, 2.05) is 6.07 Å². The maximum Gasteiger partial charge on any atom is 0.307 e. The SMILES string of the molecule is O=C(O)C1CC12CCN(C(=O)c1ccc(=O)n(-c3ccccc3)n1)CC2. The van der Waals surface area contributed by atoms with E-state index in [4.69, 9.17) is 5.11 Å². The molecule has 1 spiro atoms. The van der Waals surface area contributed by atoms with Crippen molar-refractivity contribution in [1.29, 1.82) is 0 Å². The van der Waals surface area contributed by atoms with Gasteiger partial charge in [0.1, 0.15) is 5.69 Å². The van der Waals surface area contributed by atoms with Gasteiger partial charge in [-0.2, -0.15) is 9.78 Å². The van der Waals surface area contributed by atoms with Crippen LogP contribution in [0.3, 0.4) is 0 Å². The van der Waals surface area contributed by atoms with Crippen LogP contribution >= 0.6 is 0 Å². The summed E-state index contributed by atoms with van der Waals surface area (Å²) in [4.78, 5) is 37.7. The lowest BCUT2D eigenvalue weighted by Gasteiger charge is -2.32. The number of rotatable bonds is 3. The highest BCUT2D eigenvalue weighted by Crippen LogP contribution is 2.59. The first-order valence-electron chi connectivity index (χ1n) is 8.68. The molecule has 2 heterocycles. The number of benzene rings is 1. The maximum atomic E-state index is 12.8. The van der Waals surface area contributed by atoms with Gasteiger partial charge in [-0.05, 0) is 42.9 Å². The Labute approximate surface area is 149 Å². The minimum absolute atomic E-state index is 0.126. The van der Waals surface area contributed by atoms with E-state index in [1.165, 1.54) is 16.8 Å². The molecule has 4 rings (SSSR count). The first-order valence-corrected chi connectivity index (χ1v) is 8.68. The summed E-state index contributed by atoms with van der Waals surface area (Å²) in [5.74, 6) is -1.23. The maximum absolute atomic E-state index is 12.8. The van der Waals surface area contributed by atoms with Gasteiger partial charge in [0.2, 0.25) is 0 Å². The van der Waals surface area contributed by atoms with Gasteiger partial charge in [0.15, 0.2) is 0 Å². The number of aliphatic carboxylic acids is 1. The fourth-order valence-electron chi connectivity index (χ4n) is 3.85. The highest BCUT2D eigenvalue weighted by molar-refractivity contribution is 5.92. The Balaban J connectivity index is 1.51. The van der Waals surface area contributed by atoms with Crippen molar-refractivity contribution in [2.24, 2.45) is 11.3 Å². The van der Waals surface area contributed by atoms with E-state index < -0.39 is 5.97 Å². The second-order valence-electron chi connectivity index (χ2n) is 7.05. The Morgan fingerprint density at radius 1 is 1.08 bits per heavy atom. The molecule has 2 aromatic rings. The number of amides is 1. The number of hydrogen-bond donors (Lipinski definition) is 1. The summed E-state index contributed by atoms with van der Waals surface area (Å²) in [6, 6.07) is 11.8. The van der Waals surface area contributed by atoms with Crippen LogP contribution in [-0.4, -0.2) is 44.8 Å². The summed E-state index contributed by atoms with van der Waals surface area (Å²) in [6.07, 6.45) is 2.11. The standard InChI is InChI=1S/C19H19N3O4/c23-16-7-6-15(20-22(16)13-4-2-1-3-5-13)17(24)21-10-8-19(9-11-21)12-14(19)18(25)26/h1-7,14H,8-12H2,(H,25,26). The van der Waals surface area contributed by atoms with Crippen molar-refractivity contribution >= 4 is 11.9 Å². The van der Waals surface area contributed by atoms with E-state index in [0.29, 0.717) is 38.0 Å². The predicted molar refractivity (Wildman–Crippen MR) is 93.1 cm³/mol. The topological polar surface area (TPSA) is 92.5 Å². The molecule has 2 aliphatic rings. The van der Waals surface area contributed by atoms with Crippen LogP contribution in [-0.2, 0) is 4.79 Å². The fraction of sp³-hybridized carbons (Fsp3) is 0.368.